The molecule has 3 saturated carbocycles. The van der Waals surface area contributed by atoms with Crippen molar-refractivity contribution in [2.24, 2.45) is 5.50 Å². The van der Waals surface area contributed by atoms with Crippen LogP contribution in [0.15, 0.2) is 0 Å². The molecule has 1 heterocycles. The van der Waals surface area contributed by atoms with Crippen molar-refractivity contribution in [3.05, 3.63) is 0 Å². The van der Waals surface area contributed by atoms with Crippen LogP contribution in [0.2, 0.25) is 0 Å². The average molecular weight is 323 g/mol. The maximum Gasteiger partial charge on any atom is 0.115 e. The summed E-state index contributed by atoms with van der Waals surface area (Å²) in [4.78, 5) is 0. The van der Waals surface area contributed by atoms with E-state index >= 15 is 0 Å². The Balaban J connectivity index is 1.55. The van der Waals surface area contributed by atoms with Crippen LogP contribution in [0.5, 0.6) is 0 Å². The summed E-state index contributed by atoms with van der Waals surface area (Å²) in [6.07, 6.45) is 20.0. The summed E-state index contributed by atoms with van der Waals surface area (Å²) in [5.74, 6) is 0. The molecule has 1 saturated heterocycles. The van der Waals surface area contributed by atoms with Crippen molar-refractivity contribution >= 4 is 8.37 Å². The number of hydrogen-bond donors (Lipinski definition) is 1. The number of hydrogen-bond acceptors (Lipinski definition) is 3. The molecule has 0 bridgehead atoms. The molecule has 0 spiro atoms. The second-order valence-corrected chi connectivity index (χ2v) is 9.65. The molecule has 4 heteroatoms. The van der Waals surface area contributed by atoms with Gasteiger partial charge in [0, 0.05) is 24.2 Å². The molecule has 2 unspecified atom stereocenters. The van der Waals surface area contributed by atoms with E-state index < -0.39 is 8.37 Å². The van der Waals surface area contributed by atoms with Gasteiger partial charge in [-0.05, 0) is 38.5 Å². The first kappa shape index (κ1) is 15.8. The van der Waals surface area contributed by atoms with Gasteiger partial charge >= 0.3 is 0 Å². The summed E-state index contributed by atoms with van der Waals surface area (Å²) >= 11 is 0. The summed E-state index contributed by atoms with van der Waals surface area (Å²) in [6, 6.07) is 3.22. The summed E-state index contributed by atoms with van der Waals surface area (Å²) in [5, 5.41) is 0. The molecule has 4 fully saturated rings. The Morgan fingerprint density at radius 2 is 0.909 bits per heavy atom. The van der Waals surface area contributed by atoms with Gasteiger partial charge in [0.1, 0.15) is 8.37 Å². The van der Waals surface area contributed by atoms with E-state index in [0.29, 0.717) is 0 Å². The fraction of sp³-hybridized carbons (Fsp3) is 1.00. The third kappa shape index (κ3) is 2.88. The van der Waals surface area contributed by atoms with Crippen LogP contribution < -0.4 is 5.50 Å². The summed E-state index contributed by atoms with van der Waals surface area (Å²) < 4.78 is 5.74. The van der Waals surface area contributed by atoms with Crippen molar-refractivity contribution in [2.45, 2.75) is 114 Å². The molecule has 22 heavy (non-hydrogen) atoms. The highest BCUT2D eigenvalue weighted by Gasteiger charge is 2.51. The lowest BCUT2D eigenvalue weighted by Gasteiger charge is -2.39. The zero-order valence-electron chi connectivity index (χ0n) is 14.1. The summed E-state index contributed by atoms with van der Waals surface area (Å²) in [5.41, 5.74) is 6.96. The molecule has 3 nitrogen and oxygen atoms in total. The van der Waals surface area contributed by atoms with Crippen LogP contribution >= 0.6 is 8.37 Å². The maximum absolute atomic E-state index is 6.96. The highest BCUT2D eigenvalue weighted by atomic mass is 31.1. The van der Waals surface area contributed by atoms with E-state index in [-0.39, 0.29) is 0 Å². The lowest BCUT2D eigenvalue weighted by atomic mass is 9.86. The Hall–Kier alpha value is 0.310. The first-order valence-electron chi connectivity index (χ1n) is 9.97. The third-order valence-corrected chi connectivity index (χ3v) is 8.94. The Labute approximate surface area is 137 Å². The van der Waals surface area contributed by atoms with Crippen molar-refractivity contribution in [3.63, 3.8) is 0 Å². The maximum atomic E-state index is 6.96. The van der Waals surface area contributed by atoms with Crippen molar-refractivity contribution in [3.8, 4) is 0 Å². The Morgan fingerprint density at radius 1 is 0.545 bits per heavy atom. The fourth-order valence-corrected chi connectivity index (χ4v) is 8.22. The molecule has 2 atom stereocenters. The fourth-order valence-electron chi connectivity index (χ4n) is 5.70. The number of nitrogens with two attached hydrogens (primary N) is 1. The van der Waals surface area contributed by atoms with Crippen LogP contribution in [-0.4, -0.2) is 33.5 Å². The van der Waals surface area contributed by atoms with Crippen LogP contribution in [0.3, 0.4) is 0 Å². The molecule has 1 aliphatic heterocycles. The van der Waals surface area contributed by atoms with E-state index in [4.69, 9.17) is 5.50 Å². The molecular formula is C18H34N3P. The van der Waals surface area contributed by atoms with Crippen molar-refractivity contribution in [1.29, 1.82) is 0 Å². The van der Waals surface area contributed by atoms with Gasteiger partial charge in [-0.1, -0.05) is 51.4 Å². The largest absolute Gasteiger partial charge is 0.285 e. The second-order valence-electron chi connectivity index (χ2n) is 8.08. The van der Waals surface area contributed by atoms with Crippen molar-refractivity contribution in [1.82, 2.24) is 9.34 Å². The minimum atomic E-state index is -0.521. The minimum absolute atomic E-state index is 0.521. The van der Waals surface area contributed by atoms with E-state index in [1.54, 1.807) is 0 Å². The monoisotopic (exact) mass is 323 g/mol. The molecule has 2 N–H and O–H groups in total. The topological polar surface area (TPSA) is 32.5 Å². The Kier molecular flexibility index (Phi) is 5.07. The predicted octanol–water partition coefficient (Wildman–Crippen LogP) is 4.77. The van der Waals surface area contributed by atoms with Crippen LogP contribution in [0.1, 0.15) is 89.9 Å². The van der Waals surface area contributed by atoms with Crippen LogP contribution in [-0.2, 0) is 0 Å². The van der Waals surface area contributed by atoms with Gasteiger partial charge in [-0.3, -0.25) is 5.50 Å². The van der Waals surface area contributed by atoms with E-state index in [9.17, 15) is 0 Å². The van der Waals surface area contributed by atoms with E-state index in [2.05, 4.69) is 9.34 Å². The molecular weight excluding hydrogens is 289 g/mol. The first-order valence-corrected chi connectivity index (χ1v) is 11.3. The number of fused-ring (bicyclic) bond motifs is 1. The third-order valence-electron chi connectivity index (χ3n) is 6.74. The lowest BCUT2D eigenvalue weighted by Crippen LogP contribution is -2.45. The molecule has 0 aromatic heterocycles. The van der Waals surface area contributed by atoms with Gasteiger partial charge in [-0.2, -0.15) is 0 Å². The van der Waals surface area contributed by atoms with Gasteiger partial charge < -0.3 is 0 Å². The van der Waals surface area contributed by atoms with E-state index in [1.165, 1.54) is 89.9 Å². The smallest absolute Gasteiger partial charge is 0.115 e. The van der Waals surface area contributed by atoms with Gasteiger partial charge in [0.2, 0.25) is 0 Å². The molecule has 0 aromatic rings. The standard InChI is InChI=1S/C18H34N3P/c19-22-20(15-9-3-1-4-10-15)17-13-7-8-14-18(17)21(22)16-11-5-2-6-12-16/h15-18H,1-14,19H2. The van der Waals surface area contributed by atoms with Crippen molar-refractivity contribution < 1.29 is 0 Å². The van der Waals surface area contributed by atoms with Gasteiger partial charge in [-0.15, -0.1) is 0 Å². The van der Waals surface area contributed by atoms with Crippen LogP contribution in [0, 0.1) is 0 Å². The highest BCUT2D eigenvalue weighted by Crippen LogP contribution is 2.57. The number of rotatable bonds is 2. The quantitative estimate of drug-likeness (QED) is 0.743. The van der Waals surface area contributed by atoms with E-state index in [0.717, 1.165) is 24.2 Å². The zero-order valence-corrected chi connectivity index (χ0v) is 15.0. The molecule has 0 amide bonds. The SMILES string of the molecule is NP1N(C2CCCCC2)C2CCCCC2N1C1CCCCC1. The molecule has 126 valence electrons. The predicted molar refractivity (Wildman–Crippen MR) is 94.6 cm³/mol. The van der Waals surface area contributed by atoms with Crippen molar-refractivity contribution in [2.75, 3.05) is 0 Å². The lowest BCUT2D eigenvalue weighted by molar-refractivity contribution is 0.133. The van der Waals surface area contributed by atoms with Gasteiger partial charge in [-0.25, -0.2) is 9.34 Å². The summed E-state index contributed by atoms with van der Waals surface area (Å²) in [6.45, 7) is 0. The minimum Gasteiger partial charge on any atom is -0.285 e. The normalized spacial score (nSPS) is 40.0. The summed E-state index contributed by atoms with van der Waals surface area (Å²) in [7, 11) is -0.521. The Bertz CT molecular complexity index is 331. The molecule has 4 rings (SSSR count). The molecule has 3 aliphatic carbocycles. The van der Waals surface area contributed by atoms with Gasteiger partial charge in [0.15, 0.2) is 0 Å². The van der Waals surface area contributed by atoms with E-state index in [1.807, 2.05) is 0 Å². The molecule has 4 aliphatic rings. The van der Waals surface area contributed by atoms with Crippen LogP contribution in [0.25, 0.3) is 0 Å². The second kappa shape index (κ2) is 7.05. The molecule has 0 aromatic carbocycles. The molecule has 0 radical (unpaired) electrons. The highest BCUT2D eigenvalue weighted by molar-refractivity contribution is 7.50. The average Bonchev–Trinajstić information content (AvgIpc) is 2.88. The van der Waals surface area contributed by atoms with Gasteiger partial charge in [0.25, 0.3) is 0 Å². The van der Waals surface area contributed by atoms with Crippen LogP contribution in [0.4, 0.5) is 0 Å². The Morgan fingerprint density at radius 3 is 1.32 bits per heavy atom. The zero-order chi connectivity index (χ0) is 14.9. The first-order chi connectivity index (χ1) is 10.9. The van der Waals surface area contributed by atoms with Gasteiger partial charge in [0.05, 0.1) is 0 Å². The number of nitrogens with zero attached hydrogens (tertiary/aromatic N) is 2.